The number of rotatable bonds is 9. The molecule has 0 rings (SSSR count). The van der Waals surface area contributed by atoms with Crippen LogP contribution in [0.25, 0.3) is 0 Å². The van der Waals surface area contributed by atoms with Gasteiger partial charge < -0.3 is 9.47 Å². The molecule has 0 amide bonds. The Balaban J connectivity index is 3.47. The van der Waals surface area contributed by atoms with E-state index in [1.807, 2.05) is 13.8 Å². The molecule has 0 heterocycles. The monoisotopic (exact) mass is 298 g/mol. The Bertz CT molecular complexity index is 232. The molecule has 0 aliphatic rings. The Kier molecular flexibility index (Phi) is 10.2. The Morgan fingerprint density at radius 3 is 1.50 bits per heavy atom. The maximum Gasteiger partial charge on any atom is 0.324 e. The van der Waals surface area contributed by atoms with Crippen molar-refractivity contribution in [3.63, 3.8) is 0 Å². The molecule has 0 aromatic heterocycles. The minimum atomic E-state index is -0.579. The highest BCUT2D eigenvalue weighted by Crippen LogP contribution is 2.06. The van der Waals surface area contributed by atoms with Gasteiger partial charge in [-0.05, 0) is 25.7 Å². The molecule has 0 aromatic rings. The lowest BCUT2D eigenvalue weighted by atomic mass is 10.3. The molecule has 0 bridgehead atoms. The molecule has 2 atom stereocenters. The minimum absolute atomic E-state index is 0.289. The van der Waals surface area contributed by atoms with Crippen LogP contribution in [0.1, 0.15) is 39.5 Å². The maximum atomic E-state index is 11.2. The van der Waals surface area contributed by atoms with Crippen molar-refractivity contribution in [3.8, 4) is 0 Å². The lowest BCUT2D eigenvalue weighted by molar-refractivity contribution is -0.145. The zero-order chi connectivity index (χ0) is 14.0. The third-order valence-corrected chi connectivity index (χ3v) is 3.23. The highest BCUT2D eigenvalue weighted by atomic mass is 35.5. The summed E-state index contributed by atoms with van der Waals surface area (Å²) in [6.45, 7) is 4.21. The number of carbonyl (C=O) groups is 2. The van der Waals surface area contributed by atoms with Crippen LogP contribution in [0, 0.1) is 0 Å². The first-order valence-electron chi connectivity index (χ1n) is 6.14. The molecule has 18 heavy (non-hydrogen) atoms. The van der Waals surface area contributed by atoms with Crippen LogP contribution in [-0.4, -0.2) is 35.9 Å². The van der Waals surface area contributed by atoms with Gasteiger partial charge in [0.25, 0.3) is 0 Å². The van der Waals surface area contributed by atoms with E-state index in [0.717, 1.165) is 0 Å². The summed E-state index contributed by atoms with van der Waals surface area (Å²) >= 11 is 11.4. The van der Waals surface area contributed by atoms with Gasteiger partial charge in [0.1, 0.15) is 10.8 Å². The van der Waals surface area contributed by atoms with Gasteiger partial charge in [-0.25, -0.2) is 0 Å². The van der Waals surface area contributed by atoms with Crippen LogP contribution in [-0.2, 0) is 19.1 Å². The maximum absolute atomic E-state index is 11.2. The summed E-state index contributed by atoms with van der Waals surface area (Å²) in [6, 6.07) is 0. The second kappa shape index (κ2) is 10.4. The molecule has 0 N–H and O–H groups in total. The van der Waals surface area contributed by atoms with E-state index in [1.165, 1.54) is 0 Å². The zero-order valence-corrected chi connectivity index (χ0v) is 12.3. The molecule has 6 heteroatoms. The SMILES string of the molecule is CCC(Cl)C(=O)OCCCCOC(=O)C(Cl)CC. The molecule has 0 fully saturated rings. The van der Waals surface area contributed by atoms with Gasteiger partial charge in [0.15, 0.2) is 0 Å². The lowest BCUT2D eigenvalue weighted by Crippen LogP contribution is -2.19. The van der Waals surface area contributed by atoms with Crippen LogP contribution in [0.2, 0.25) is 0 Å². The third-order valence-electron chi connectivity index (χ3n) is 2.26. The van der Waals surface area contributed by atoms with Crippen molar-refractivity contribution in [2.45, 2.75) is 50.3 Å². The Morgan fingerprint density at radius 1 is 0.889 bits per heavy atom. The van der Waals surface area contributed by atoms with Crippen LogP contribution >= 0.6 is 23.2 Å². The molecular formula is C12H20Cl2O4. The number of alkyl halides is 2. The van der Waals surface area contributed by atoms with Crippen LogP contribution in [0.3, 0.4) is 0 Å². The lowest BCUT2D eigenvalue weighted by Gasteiger charge is -2.09. The minimum Gasteiger partial charge on any atom is -0.465 e. The van der Waals surface area contributed by atoms with Crippen molar-refractivity contribution in [3.05, 3.63) is 0 Å². The zero-order valence-electron chi connectivity index (χ0n) is 10.8. The molecule has 0 aliphatic heterocycles. The first-order valence-corrected chi connectivity index (χ1v) is 7.01. The number of esters is 2. The van der Waals surface area contributed by atoms with Gasteiger partial charge in [-0.3, -0.25) is 9.59 Å². The van der Waals surface area contributed by atoms with Crippen LogP contribution in [0.5, 0.6) is 0 Å². The van der Waals surface area contributed by atoms with Crippen molar-refractivity contribution in [2.24, 2.45) is 0 Å². The number of unbranched alkanes of at least 4 members (excludes halogenated alkanes) is 1. The molecule has 0 saturated carbocycles. The first kappa shape index (κ1) is 17.5. The fourth-order valence-electron chi connectivity index (χ4n) is 1.06. The van der Waals surface area contributed by atoms with Crippen molar-refractivity contribution in [2.75, 3.05) is 13.2 Å². The van der Waals surface area contributed by atoms with Crippen molar-refractivity contribution in [1.82, 2.24) is 0 Å². The predicted octanol–water partition coefficient (Wildman–Crippen LogP) is 2.89. The van der Waals surface area contributed by atoms with E-state index in [4.69, 9.17) is 32.7 Å². The number of halogens is 2. The summed E-state index contributed by atoms with van der Waals surface area (Å²) < 4.78 is 9.87. The van der Waals surface area contributed by atoms with E-state index in [2.05, 4.69) is 0 Å². The highest BCUT2D eigenvalue weighted by Gasteiger charge is 2.15. The fraction of sp³-hybridized carbons (Fsp3) is 0.833. The Labute approximate surface area is 118 Å². The average molecular weight is 299 g/mol. The largest absolute Gasteiger partial charge is 0.465 e. The molecule has 4 nitrogen and oxygen atoms in total. The Morgan fingerprint density at radius 2 is 1.22 bits per heavy atom. The molecule has 0 aliphatic carbocycles. The molecule has 106 valence electrons. The van der Waals surface area contributed by atoms with Gasteiger partial charge in [0.2, 0.25) is 0 Å². The van der Waals surface area contributed by atoms with E-state index in [0.29, 0.717) is 25.7 Å². The van der Waals surface area contributed by atoms with Gasteiger partial charge in [-0.15, -0.1) is 23.2 Å². The van der Waals surface area contributed by atoms with E-state index < -0.39 is 22.7 Å². The molecule has 0 saturated heterocycles. The first-order chi connectivity index (χ1) is 8.52. The number of hydrogen-bond donors (Lipinski definition) is 0. The molecular weight excluding hydrogens is 279 g/mol. The summed E-state index contributed by atoms with van der Waals surface area (Å²) in [5, 5.41) is -1.16. The van der Waals surface area contributed by atoms with Crippen molar-refractivity contribution < 1.29 is 19.1 Å². The molecule has 0 aromatic carbocycles. The summed E-state index contributed by atoms with van der Waals surface area (Å²) in [5.41, 5.74) is 0. The Hall–Kier alpha value is -0.480. The van der Waals surface area contributed by atoms with E-state index in [9.17, 15) is 9.59 Å². The normalized spacial score (nSPS) is 13.8. The topological polar surface area (TPSA) is 52.6 Å². The smallest absolute Gasteiger partial charge is 0.324 e. The van der Waals surface area contributed by atoms with Gasteiger partial charge >= 0.3 is 11.9 Å². The number of hydrogen-bond acceptors (Lipinski definition) is 4. The van der Waals surface area contributed by atoms with Crippen molar-refractivity contribution >= 4 is 35.1 Å². The van der Waals surface area contributed by atoms with Crippen LogP contribution in [0.15, 0.2) is 0 Å². The fourth-order valence-corrected chi connectivity index (χ4v) is 1.19. The second-order valence-electron chi connectivity index (χ2n) is 3.79. The van der Waals surface area contributed by atoms with Gasteiger partial charge in [0.05, 0.1) is 13.2 Å². The number of ether oxygens (including phenoxy) is 2. The molecule has 2 unspecified atom stereocenters. The summed E-state index contributed by atoms with van der Waals surface area (Å²) in [7, 11) is 0. The quantitative estimate of drug-likeness (QED) is 0.373. The van der Waals surface area contributed by atoms with Gasteiger partial charge in [-0.2, -0.15) is 0 Å². The summed E-state index contributed by atoms with van der Waals surface area (Å²) in [4.78, 5) is 22.4. The average Bonchev–Trinajstić information content (AvgIpc) is 2.39. The third kappa shape index (κ3) is 7.77. The van der Waals surface area contributed by atoms with E-state index >= 15 is 0 Å². The predicted molar refractivity (Wildman–Crippen MR) is 71.0 cm³/mol. The van der Waals surface area contributed by atoms with Crippen LogP contribution in [0.4, 0.5) is 0 Å². The molecule has 0 spiro atoms. The summed E-state index contributed by atoms with van der Waals surface area (Å²) in [6.07, 6.45) is 2.36. The van der Waals surface area contributed by atoms with E-state index in [-0.39, 0.29) is 13.2 Å². The number of carbonyl (C=O) groups excluding carboxylic acids is 2. The highest BCUT2D eigenvalue weighted by molar-refractivity contribution is 6.30. The standard InChI is InChI=1S/C12H20Cl2O4/c1-3-9(13)11(15)17-7-5-6-8-18-12(16)10(14)4-2/h9-10H,3-8H2,1-2H3. The molecule has 0 radical (unpaired) electrons. The van der Waals surface area contributed by atoms with Crippen molar-refractivity contribution in [1.29, 1.82) is 0 Å². The van der Waals surface area contributed by atoms with Gasteiger partial charge in [-0.1, -0.05) is 13.8 Å². The summed E-state index contributed by atoms with van der Waals surface area (Å²) in [5.74, 6) is -0.800. The van der Waals surface area contributed by atoms with Crippen LogP contribution < -0.4 is 0 Å². The van der Waals surface area contributed by atoms with Gasteiger partial charge in [0, 0.05) is 0 Å². The second-order valence-corrected chi connectivity index (χ2v) is 4.85. The van der Waals surface area contributed by atoms with E-state index in [1.54, 1.807) is 0 Å².